The van der Waals surface area contributed by atoms with E-state index in [2.05, 4.69) is 40.1 Å². The molecule has 0 heterocycles. The summed E-state index contributed by atoms with van der Waals surface area (Å²) in [6, 6.07) is 5.44. The Morgan fingerprint density at radius 2 is 2.31 bits per heavy atom. The summed E-state index contributed by atoms with van der Waals surface area (Å²) >= 11 is 9.39. The molecule has 0 aliphatic heterocycles. The molecule has 88 valence electrons. The third kappa shape index (κ3) is 4.39. The van der Waals surface area contributed by atoms with Gasteiger partial charge in [0.2, 0.25) is 0 Å². The van der Waals surface area contributed by atoms with E-state index in [9.17, 15) is 4.79 Å². The largest absolute Gasteiger partial charge is 0.352 e. The maximum atomic E-state index is 11.8. The van der Waals surface area contributed by atoms with Crippen molar-refractivity contribution in [3.05, 3.63) is 28.2 Å². The highest BCUT2D eigenvalue weighted by molar-refractivity contribution is 9.10. The Kier molecular flexibility index (Phi) is 6.31. The predicted molar refractivity (Wildman–Crippen MR) is 76.7 cm³/mol. The van der Waals surface area contributed by atoms with Crippen LogP contribution in [-0.2, 0) is 0 Å². The Balaban J connectivity index is 2.53. The van der Waals surface area contributed by atoms with E-state index in [0.29, 0.717) is 17.0 Å². The van der Waals surface area contributed by atoms with Gasteiger partial charge in [-0.05, 0) is 36.6 Å². The number of rotatable bonds is 5. The maximum absolute atomic E-state index is 11.8. The van der Waals surface area contributed by atoms with E-state index in [1.54, 1.807) is 17.8 Å². The highest BCUT2D eigenvalue weighted by Gasteiger charge is 2.08. The Labute approximate surface area is 114 Å². The lowest BCUT2D eigenvalue weighted by molar-refractivity contribution is 0.0951. The summed E-state index contributed by atoms with van der Waals surface area (Å²) in [5.41, 5.74) is 0.621. The topological polar surface area (TPSA) is 29.1 Å². The molecule has 2 nitrogen and oxygen atoms in total. The lowest BCUT2D eigenvalue weighted by Crippen LogP contribution is -2.25. The molecule has 0 aliphatic carbocycles. The van der Waals surface area contributed by atoms with Crippen LogP contribution in [0.3, 0.4) is 0 Å². The molecule has 1 N–H and O–H groups in total. The number of benzene rings is 1. The van der Waals surface area contributed by atoms with Gasteiger partial charge in [0.15, 0.2) is 0 Å². The van der Waals surface area contributed by atoms with Crippen molar-refractivity contribution in [3.63, 3.8) is 0 Å². The van der Waals surface area contributed by atoms with E-state index >= 15 is 0 Å². The molecule has 1 aromatic carbocycles. The van der Waals surface area contributed by atoms with E-state index in [4.69, 9.17) is 0 Å². The summed E-state index contributed by atoms with van der Waals surface area (Å²) in [6.07, 6.45) is 3.05. The summed E-state index contributed by atoms with van der Waals surface area (Å²) in [4.78, 5) is 12.4. The number of thiol groups is 1. The van der Waals surface area contributed by atoms with Gasteiger partial charge in [-0.25, -0.2) is 0 Å². The molecule has 0 fully saturated rings. The molecule has 5 heteroatoms. The van der Waals surface area contributed by atoms with E-state index in [-0.39, 0.29) is 5.91 Å². The molecule has 16 heavy (non-hydrogen) atoms. The first-order valence-electron chi connectivity index (χ1n) is 4.91. The highest BCUT2D eigenvalue weighted by atomic mass is 79.9. The summed E-state index contributed by atoms with van der Waals surface area (Å²) in [6.45, 7) is 0.711. The molecular weight excluding hydrogens is 306 g/mol. The molecule has 1 rings (SSSR count). The summed E-state index contributed by atoms with van der Waals surface area (Å²) in [7, 11) is 0. The fraction of sp³-hybridized carbons (Fsp3) is 0.364. The standard InChI is InChI=1S/C11H14BrNOS2/c1-16-6-2-5-13-11(14)9-4-3-8(12)7-10(9)15/h3-4,7,15H,2,5-6H2,1H3,(H,13,14). The third-order valence-corrected chi connectivity index (χ3v) is 3.58. The zero-order valence-corrected chi connectivity index (χ0v) is 12.3. The van der Waals surface area contributed by atoms with Gasteiger partial charge in [-0.2, -0.15) is 11.8 Å². The van der Waals surface area contributed by atoms with Crippen LogP contribution in [0.2, 0.25) is 0 Å². The zero-order valence-electron chi connectivity index (χ0n) is 9.00. The van der Waals surface area contributed by atoms with E-state index < -0.39 is 0 Å². The van der Waals surface area contributed by atoms with Crippen LogP contribution in [0.1, 0.15) is 16.8 Å². The van der Waals surface area contributed by atoms with Crippen molar-refractivity contribution in [1.82, 2.24) is 5.32 Å². The normalized spacial score (nSPS) is 10.2. The van der Waals surface area contributed by atoms with Gasteiger partial charge in [0.05, 0.1) is 5.56 Å². The van der Waals surface area contributed by atoms with Crippen molar-refractivity contribution in [3.8, 4) is 0 Å². The minimum atomic E-state index is -0.0568. The molecule has 0 atom stereocenters. The van der Waals surface area contributed by atoms with Crippen LogP contribution in [0, 0.1) is 0 Å². The molecule has 0 aliphatic rings. The third-order valence-electron chi connectivity index (χ3n) is 2.02. The molecule has 0 saturated carbocycles. The van der Waals surface area contributed by atoms with Crippen molar-refractivity contribution < 1.29 is 4.79 Å². The molecule has 0 aromatic heterocycles. The van der Waals surface area contributed by atoms with Crippen LogP contribution in [0.25, 0.3) is 0 Å². The van der Waals surface area contributed by atoms with Crippen LogP contribution in [-0.4, -0.2) is 24.5 Å². The number of thioether (sulfide) groups is 1. The molecule has 1 amide bonds. The summed E-state index contributed by atoms with van der Waals surface area (Å²) in [5.74, 6) is 1.01. The minimum absolute atomic E-state index is 0.0568. The van der Waals surface area contributed by atoms with Crippen molar-refractivity contribution >= 4 is 46.2 Å². The Bertz CT molecular complexity index is 371. The molecule has 0 radical (unpaired) electrons. The quantitative estimate of drug-likeness (QED) is 0.644. The lowest BCUT2D eigenvalue weighted by Gasteiger charge is -2.07. The molecule has 0 saturated heterocycles. The fourth-order valence-corrected chi connectivity index (χ4v) is 2.50. The van der Waals surface area contributed by atoms with Crippen LogP contribution in [0.5, 0.6) is 0 Å². The Hall–Kier alpha value is -0.130. The zero-order chi connectivity index (χ0) is 12.0. The van der Waals surface area contributed by atoms with Gasteiger partial charge < -0.3 is 5.32 Å². The fourth-order valence-electron chi connectivity index (χ4n) is 1.21. The van der Waals surface area contributed by atoms with E-state index in [0.717, 1.165) is 16.6 Å². The Morgan fingerprint density at radius 1 is 1.56 bits per heavy atom. The van der Waals surface area contributed by atoms with Gasteiger partial charge in [-0.1, -0.05) is 15.9 Å². The van der Waals surface area contributed by atoms with Crippen LogP contribution in [0.15, 0.2) is 27.6 Å². The Morgan fingerprint density at radius 3 is 2.94 bits per heavy atom. The van der Waals surface area contributed by atoms with Crippen LogP contribution >= 0.6 is 40.3 Å². The average molecular weight is 320 g/mol. The number of hydrogen-bond donors (Lipinski definition) is 2. The van der Waals surface area contributed by atoms with Gasteiger partial charge in [-0.15, -0.1) is 12.6 Å². The average Bonchev–Trinajstić information content (AvgIpc) is 2.24. The monoisotopic (exact) mass is 319 g/mol. The number of halogens is 1. The number of nitrogens with one attached hydrogen (secondary N) is 1. The molecule has 1 aromatic rings. The number of hydrogen-bond acceptors (Lipinski definition) is 3. The second-order valence-electron chi connectivity index (χ2n) is 3.26. The van der Waals surface area contributed by atoms with Crippen molar-refractivity contribution in [1.29, 1.82) is 0 Å². The van der Waals surface area contributed by atoms with E-state index in [1.807, 2.05) is 12.1 Å². The van der Waals surface area contributed by atoms with Crippen LogP contribution in [0.4, 0.5) is 0 Å². The highest BCUT2D eigenvalue weighted by Crippen LogP contribution is 2.19. The molecule has 0 unspecified atom stereocenters. The SMILES string of the molecule is CSCCCNC(=O)c1ccc(Br)cc1S. The predicted octanol–water partition coefficient (Wildman–Crippen LogP) is 3.22. The molecule has 0 bridgehead atoms. The van der Waals surface area contributed by atoms with E-state index in [1.165, 1.54) is 0 Å². The number of carbonyl (C=O) groups is 1. The second-order valence-corrected chi connectivity index (χ2v) is 5.65. The van der Waals surface area contributed by atoms with Crippen molar-refractivity contribution in [2.45, 2.75) is 11.3 Å². The molecular formula is C11H14BrNOS2. The molecule has 0 spiro atoms. The lowest BCUT2D eigenvalue weighted by atomic mass is 10.2. The minimum Gasteiger partial charge on any atom is -0.352 e. The maximum Gasteiger partial charge on any atom is 0.252 e. The summed E-state index contributed by atoms with van der Waals surface area (Å²) < 4.78 is 0.927. The van der Waals surface area contributed by atoms with Gasteiger partial charge in [0.25, 0.3) is 5.91 Å². The van der Waals surface area contributed by atoms with Crippen molar-refractivity contribution in [2.75, 3.05) is 18.6 Å². The second kappa shape index (κ2) is 7.25. The first-order valence-corrected chi connectivity index (χ1v) is 7.54. The van der Waals surface area contributed by atoms with Gasteiger partial charge in [0, 0.05) is 15.9 Å². The first-order chi connectivity index (χ1) is 7.65. The van der Waals surface area contributed by atoms with Crippen LogP contribution < -0.4 is 5.32 Å². The summed E-state index contributed by atoms with van der Waals surface area (Å²) in [5, 5.41) is 2.88. The van der Waals surface area contributed by atoms with Gasteiger partial charge >= 0.3 is 0 Å². The number of carbonyl (C=O) groups excluding carboxylic acids is 1. The van der Waals surface area contributed by atoms with Gasteiger partial charge in [0.1, 0.15) is 0 Å². The van der Waals surface area contributed by atoms with Gasteiger partial charge in [-0.3, -0.25) is 4.79 Å². The number of amides is 1. The van der Waals surface area contributed by atoms with Crippen molar-refractivity contribution in [2.24, 2.45) is 0 Å². The first kappa shape index (κ1) is 13.9. The smallest absolute Gasteiger partial charge is 0.252 e.